The van der Waals surface area contributed by atoms with Crippen LogP contribution in [0, 0.1) is 0 Å². The Morgan fingerprint density at radius 1 is 1.45 bits per heavy atom. The molecule has 0 saturated carbocycles. The number of pyridine rings is 1. The lowest BCUT2D eigenvalue weighted by Gasteiger charge is -2.27. The summed E-state index contributed by atoms with van der Waals surface area (Å²) >= 11 is 0. The Labute approximate surface area is 117 Å². The molecule has 0 bridgehead atoms. The van der Waals surface area contributed by atoms with Crippen molar-refractivity contribution in [2.45, 2.75) is 13.5 Å². The third kappa shape index (κ3) is 2.34. The van der Waals surface area contributed by atoms with Gasteiger partial charge in [0.2, 0.25) is 5.91 Å². The van der Waals surface area contributed by atoms with Gasteiger partial charge < -0.3 is 19.9 Å². The smallest absolute Gasteiger partial charge is 0.239 e. The van der Waals surface area contributed by atoms with E-state index in [4.69, 9.17) is 4.98 Å². The number of rotatable bonds is 4. The number of hydrogen-bond donors (Lipinski definition) is 2. The van der Waals surface area contributed by atoms with E-state index in [1.807, 2.05) is 24.4 Å². The molecular weight excluding hydrogens is 254 g/mol. The lowest BCUT2D eigenvalue weighted by atomic mass is 10.3. The van der Waals surface area contributed by atoms with Gasteiger partial charge in [0.15, 0.2) is 5.82 Å². The molecule has 0 spiro atoms. The molecule has 0 unspecified atom stereocenters. The molecule has 0 aliphatic carbocycles. The molecule has 20 heavy (non-hydrogen) atoms. The van der Waals surface area contributed by atoms with Crippen LogP contribution in [0.1, 0.15) is 12.6 Å². The molecule has 0 atom stereocenters. The van der Waals surface area contributed by atoms with Gasteiger partial charge in [0, 0.05) is 25.8 Å². The van der Waals surface area contributed by atoms with Gasteiger partial charge in [-0.15, -0.1) is 0 Å². The highest BCUT2D eigenvalue weighted by Gasteiger charge is 2.22. The zero-order valence-corrected chi connectivity index (χ0v) is 11.6. The highest BCUT2D eigenvalue weighted by atomic mass is 16.2. The monoisotopic (exact) mass is 273 g/mol. The van der Waals surface area contributed by atoms with Crippen molar-refractivity contribution >= 4 is 17.4 Å². The average molecular weight is 273 g/mol. The maximum Gasteiger partial charge on any atom is 0.239 e. The molecular formula is C14H19N5O. The molecule has 6 nitrogen and oxygen atoms in total. The van der Waals surface area contributed by atoms with E-state index in [2.05, 4.69) is 26.9 Å². The third-order valence-corrected chi connectivity index (χ3v) is 3.49. The zero-order valence-electron chi connectivity index (χ0n) is 11.6. The molecule has 1 amide bonds. The summed E-state index contributed by atoms with van der Waals surface area (Å²) in [6, 6.07) is 5.96. The lowest BCUT2D eigenvalue weighted by molar-refractivity contribution is -0.120. The molecule has 3 heterocycles. The second-order valence-electron chi connectivity index (χ2n) is 4.86. The van der Waals surface area contributed by atoms with Gasteiger partial charge in [-0.25, -0.2) is 4.98 Å². The number of imidazole rings is 1. The minimum Gasteiger partial charge on any atom is -0.353 e. The van der Waals surface area contributed by atoms with Gasteiger partial charge in [0.05, 0.1) is 12.2 Å². The summed E-state index contributed by atoms with van der Waals surface area (Å²) in [5.41, 5.74) is 2.03. The van der Waals surface area contributed by atoms with E-state index >= 15 is 0 Å². The number of nitrogens with one attached hydrogen (secondary N) is 2. The summed E-state index contributed by atoms with van der Waals surface area (Å²) in [6.45, 7) is 5.58. The van der Waals surface area contributed by atoms with Crippen molar-refractivity contribution in [3.8, 4) is 0 Å². The van der Waals surface area contributed by atoms with Crippen LogP contribution in [0.5, 0.6) is 0 Å². The number of nitrogens with zero attached hydrogens (tertiary/aromatic N) is 3. The van der Waals surface area contributed by atoms with Crippen molar-refractivity contribution in [3.05, 3.63) is 30.1 Å². The fourth-order valence-corrected chi connectivity index (χ4v) is 2.51. The van der Waals surface area contributed by atoms with E-state index in [-0.39, 0.29) is 5.91 Å². The van der Waals surface area contributed by atoms with Gasteiger partial charge in [-0.1, -0.05) is 13.0 Å². The van der Waals surface area contributed by atoms with Gasteiger partial charge >= 0.3 is 0 Å². The predicted octanol–water partition coefficient (Wildman–Crippen LogP) is 0.380. The Morgan fingerprint density at radius 2 is 2.35 bits per heavy atom. The second kappa shape index (κ2) is 5.50. The van der Waals surface area contributed by atoms with E-state index in [9.17, 15) is 4.79 Å². The van der Waals surface area contributed by atoms with Crippen molar-refractivity contribution in [1.29, 1.82) is 0 Å². The maximum atomic E-state index is 11.6. The van der Waals surface area contributed by atoms with Gasteiger partial charge in [-0.2, -0.15) is 0 Å². The van der Waals surface area contributed by atoms with E-state index in [1.165, 1.54) is 0 Å². The minimum atomic E-state index is 0.0581. The van der Waals surface area contributed by atoms with E-state index in [1.54, 1.807) is 0 Å². The molecule has 1 aliphatic rings. The number of fused-ring (bicyclic) bond motifs is 1. The van der Waals surface area contributed by atoms with Crippen LogP contribution < -0.4 is 15.5 Å². The summed E-state index contributed by atoms with van der Waals surface area (Å²) in [5.74, 6) is 0.967. The second-order valence-corrected chi connectivity index (χ2v) is 4.86. The van der Waals surface area contributed by atoms with Crippen molar-refractivity contribution in [1.82, 2.24) is 20.0 Å². The van der Waals surface area contributed by atoms with E-state index in [0.717, 1.165) is 36.8 Å². The predicted molar refractivity (Wildman–Crippen MR) is 77.8 cm³/mol. The first kappa shape index (κ1) is 12.9. The standard InChI is InChI=1S/C14H19N5O/c1-2-15-9-11-14(18-8-6-16-13(20)10-18)17-12-5-3-4-7-19(11)12/h3-5,7,15H,2,6,8-10H2,1H3,(H,16,20). The van der Waals surface area contributed by atoms with Gasteiger partial charge in [-0.05, 0) is 18.7 Å². The summed E-state index contributed by atoms with van der Waals surface area (Å²) in [7, 11) is 0. The van der Waals surface area contributed by atoms with Gasteiger partial charge in [0.1, 0.15) is 5.65 Å². The van der Waals surface area contributed by atoms with E-state index < -0.39 is 0 Å². The lowest BCUT2D eigenvalue weighted by Crippen LogP contribution is -2.48. The Bertz CT molecular complexity index is 621. The fourth-order valence-electron chi connectivity index (χ4n) is 2.51. The SMILES string of the molecule is CCNCc1c(N2CCNC(=O)C2)nc2ccccn12. The van der Waals surface area contributed by atoms with Crippen LogP contribution in [-0.2, 0) is 11.3 Å². The van der Waals surface area contributed by atoms with Crippen LogP contribution >= 0.6 is 0 Å². The normalized spacial score (nSPS) is 15.7. The molecule has 2 aromatic rings. The van der Waals surface area contributed by atoms with Gasteiger partial charge in [0.25, 0.3) is 0 Å². The number of anilines is 1. The molecule has 3 rings (SSSR count). The Kier molecular flexibility index (Phi) is 3.56. The number of piperazine rings is 1. The Balaban J connectivity index is 2.01. The number of aromatic nitrogens is 2. The number of carbonyl (C=O) groups is 1. The van der Waals surface area contributed by atoms with Crippen molar-refractivity contribution < 1.29 is 4.79 Å². The quantitative estimate of drug-likeness (QED) is 0.845. The Hall–Kier alpha value is -2.08. The Morgan fingerprint density at radius 3 is 3.15 bits per heavy atom. The summed E-state index contributed by atoms with van der Waals surface area (Å²) in [6.07, 6.45) is 2.02. The summed E-state index contributed by atoms with van der Waals surface area (Å²) in [4.78, 5) is 18.3. The highest BCUT2D eigenvalue weighted by Crippen LogP contribution is 2.22. The molecule has 106 valence electrons. The van der Waals surface area contributed by atoms with Crippen LogP contribution in [-0.4, -0.2) is 41.5 Å². The first-order chi connectivity index (χ1) is 9.79. The number of amides is 1. The topological polar surface area (TPSA) is 61.7 Å². The largest absolute Gasteiger partial charge is 0.353 e. The zero-order chi connectivity index (χ0) is 13.9. The van der Waals surface area contributed by atoms with Crippen molar-refractivity contribution in [3.63, 3.8) is 0 Å². The molecule has 0 radical (unpaired) electrons. The van der Waals surface area contributed by atoms with Crippen LogP contribution in [0.2, 0.25) is 0 Å². The first-order valence-corrected chi connectivity index (χ1v) is 6.98. The fraction of sp³-hybridized carbons (Fsp3) is 0.429. The summed E-state index contributed by atoms with van der Waals surface area (Å²) in [5, 5.41) is 6.19. The molecule has 0 aromatic carbocycles. The van der Waals surface area contributed by atoms with E-state index in [0.29, 0.717) is 13.1 Å². The van der Waals surface area contributed by atoms with Crippen LogP contribution in [0.3, 0.4) is 0 Å². The van der Waals surface area contributed by atoms with Crippen LogP contribution in [0.4, 0.5) is 5.82 Å². The summed E-state index contributed by atoms with van der Waals surface area (Å²) < 4.78 is 2.09. The number of carbonyl (C=O) groups excluding carboxylic acids is 1. The van der Waals surface area contributed by atoms with Gasteiger partial charge in [-0.3, -0.25) is 4.79 Å². The molecule has 1 fully saturated rings. The molecule has 1 aliphatic heterocycles. The van der Waals surface area contributed by atoms with Crippen molar-refractivity contribution in [2.75, 3.05) is 31.1 Å². The third-order valence-electron chi connectivity index (χ3n) is 3.49. The minimum absolute atomic E-state index is 0.0581. The average Bonchev–Trinajstić information content (AvgIpc) is 2.84. The highest BCUT2D eigenvalue weighted by molar-refractivity contribution is 5.82. The molecule has 6 heteroatoms. The first-order valence-electron chi connectivity index (χ1n) is 6.98. The number of hydrogen-bond acceptors (Lipinski definition) is 4. The van der Waals surface area contributed by atoms with Crippen LogP contribution in [0.15, 0.2) is 24.4 Å². The molecule has 2 N–H and O–H groups in total. The molecule has 1 saturated heterocycles. The van der Waals surface area contributed by atoms with Crippen LogP contribution in [0.25, 0.3) is 5.65 Å². The maximum absolute atomic E-state index is 11.6. The molecule has 2 aromatic heterocycles. The van der Waals surface area contributed by atoms with Crippen molar-refractivity contribution in [2.24, 2.45) is 0 Å².